The van der Waals surface area contributed by atoms with Gasteiger partial charge in [-0.3, -0.25) is 0 Å². The lowest BCUT2D eigenvalue weighted by Gasteiger charge is -2.04. The van der Waals surface area contributed by atoms with Gasteiger partial charge in [-0.25, -0.2) is 0 Å². The first-order valence-corrected chi connectivity index (χ1v) is 4.36. The highest BCUT2D eigenvalue weighted by molar-refractivity contribution is 4.84. The smallest absolute Gasteiger partial charge is 0.223 e. The molecule has 13 heavy (non-hydrogen) atoms. The van der Waals surface area contributed by atoms with Crippen molar-refractivity contribution in [2.24, 2.45) is 0 Å². The molecule has 1 rings (SSSR count). The molecule has 1 heterocycles. The van der Waals surface area contributed by atoms with Crippen molar-refractivity contribution in [1.82, 2.24) is 15.5 Å². The molecule has 0 saturated heterocycles. The zero-order valence-corrected chi connectivity index (χ0v) is 7.95. The van der Waals surface area contributed by atoms with Crippen molar-refractivity contribution in [3.05, 3.63) is 11.7 Å². The van der Waals surface area contributed by atoms with Crippen LogP contribution in [0.4, 0.5) is 0 Å². The molecule has 1 aromatic rings. The van der Waals surface area contributed by atoms with E-state index in [0.29, 0.717) is 18.3 Å². The Hall–Kier alpha value is -0.940. The normalized spacial score (nSPS) is 13.2. The summed E-state index contributed by atoms with van der Waals surface area (Å²) in [5.74, 6) is 1.29. The Balaban J connectivity index is 2.13. The fraction of sp³-hybridized carbons (Fsp3) is 0.750. The second-order valence-corrected chi connectivity index (χ2v) is 3.03. The number of hydrogen-bond donors (Lipinski definition) is 2. The van der Waals surface area contributed by atoms with Gasteiger partial charge >= 0.3 is 0 Å². The van der Waals surface area contributed by atoms with Crippen molar-refractivity contribution >= 4 is 0 Å². The minimum atomic E-state index is -0.313. The van der Waals surface area contributed by atoms with Crippen LogP contribution in [0.15, 0.2) is 4.52 Å². The number of aryl methyl sites for hydroxylation is 1. The highest BCUT2D eigenvalue weighted by atomic mass is 16.5. The van der Waals surface area contributed by atoms with E-state index in [0.717, 1.165) is 13.0 Å². The predicted molar refractivity (Wildman–Crippen MR) is 47.3 cm³/mol. The molecule has 0 aliphatic heterocycles. The van der Waals surface area contributed by atoms with E-state index in [-0.39, 0.29) is 6.10 Å². The van der Waals surface area contributed by atoms with Crippen LogP contribution in [0.1, 0.15) is 18.6 Å². The lowest BCUT2D eigenvalue weighted by atomic mass is 10.3. The predicted octanol–water partition coefficient (Wildman–Crippen LogP) is -0.109. The van der Waals surface area contributed by atoms with Crippen LogP contribution in [0, 0.1) is 6.92 Å². The minimum Gasteiger partial charge on any atom is -0.392 e. The molecule has 0 saturated carbocycles. The van der Waals surface area contributed by atoms with Gasteiger partial charge in [0.15, 0.2) is 5.82 Å². The zero-order valence-electron chi connectivity index (χ0n) is 7.95. The lowest BCUT2D eigenvalue weighted by Crippen LogP contribution is -2.26. The monoisotopic (exact) mass is 185 g/mol. The molecule has 0 amide bonds. The molecule has 0 bridgehead atoms. The largest absolute Gasteiger partial charge is 0.392 e. The topological polar surface area (TPSA) is 71.2 Å². The van der Waals surface area contributed by atoms with Gasteiger partial charge in [-0.05, 0) is 6.92 Å². The highest BCUT2D eigenvalue weighted by Gasteiger charge is 2.01. The molecule has 5 heteroatoms. The van der Waals surface area contributed by atoms with E-state index in [2.05, 4.69) is 15.5 Å². The van der Waals surface area contributed by atoms with Crippen LogP contribution in [0.25, 0.3) is 0 Å². The van der Waals surface area contributed by atoms with Crippen LogP contribution in [0.3, 0.4) is 0 Å². The van der Waals surface area contributed by atoms with E-state index in [9.17, 15) is 0 Å². The van der Waals surface area contributed by atoms with Crippen molar-refractivity contribution in [2.75, 3.05) is 13.1 Å². The second-order valence-electron chi connectivity index (χ2n) is 3.03. The maximum absolute atomic E-state index is 8.94. The molecule has 0 aliphatic rings. The molecular formula is C8H15N3O2. The maximum Gasteiger partial charge on any atom is 0.223 e. The fourth-order valence-electron chi connectivity index (χ4n) is 0.954. The quantitative estimate of drug-likeness (QED) is 0.626. The number of aliphatic hydroxyl groups is 1. The second kappa shape index (κ2) is 4.94. The summed E-state index contributed by atoms with van der Waals surface area (Å²) >= 11 is 0. The van der Waals surface area contributed by atoms with E-state index in [4.69, 9.17) is 9.63 Å². The summed E-state index contributed by atoms with van der Waals surface area (Å²) in [7, 11) is 0. The van der Waals surface area contributed by atoms with Gasteiger partial charge in [0.05, 0.1) is 6.10 Å². The van der Waals surface area contributed by atoms with E-state index < -0.39 is 0 Å². The van der Waals surface area contributed by atoms with Crippen LogP contribution in [-0.2, 0) is 6.42 Å². The van der Waals surface area contributed by atoms with Crippen molar-refractivity contribution in [3.63, 3.8) is 0 Å². The third kappa shape index (κ3) is 4.00. The van der Waals surface area contributed by atoms with Gasteiger partial charge in [0, 0.05) is 26.4 Å². The molecule has 0 unspecified atom stereocenters. The summed E-state index contributed by atoms with van der Waals surface area (Å²) in [5.41, 5.74) is 0. The Labute approximate surface area is 77.2 Å². The van der Waals surface area contributed by atoms with E-state index in [1.807, 2.05) is 0 Å². The Kier molecular flexibility index (Phi) is 3.85. The fourth-order valence-corrected chi connectivity index (χ4v) is 0.954. The molecule has 1 atom stereocenters. The summed E-state index contributed by atoms with van der Waals surface area (Å²) in [5, 5.41) is 15.8. The van der Waals surface area contributed by atoms with Gasteiger partial charge < -0.3 is 14.9 Å². The van der Waals surface area contributed by atoms with Crippen molar-refractivity contribution in [3.8, 4) is 0 Å². The van der Waals surface area contributed by atoms with E-state index in [1.165, 1.54) is 0 Å². The third-order valence-electron chi connectivity index (χ3n) is 1.53. The van der Waals surface area contributed by atoms with Crippen molar-refractivity contribution in [1.29, 1.82) is 0 Å². The highest BCUT2D eigenvalue weighted by Crippen LogP contribution is 1.94. The summed E-state index contributed by atoms with van der Waals surface area (Å²) in [6, 6.07) is 0. The van der Waals surface area contributed by atoms with Crippen LogP contribution < -0.4 is 5.32 Å². The zero-order chi connectivity index (χ0) is 9.68. The average Bonchev–Trinajstić information content (AvgIpc) is 2.45. The van der Waals surface area contributed by atoms with Gasteiger partial charge in [0.2, 0.25) is 5.89 Å². The Bertz CT molecular complexity index is 247. The molecule has 0 fully saturated rings. The van der Waals surface area contributed by atoms with Gasteiger partial charge in [-0.15, -0.1) is 0 Å². The first-order valence-electron chi connectivity index (χ1n) is 4.36. The first-order chi connectivity index (χ1) is 6.18. The summed E-state index contributed by atoms with van der Waals surface area (Å²) in [4.78, 5) is 4.05. The number of rotatable bonds is 5. The Morgan fingerprint density at radius 1 is 1.62 bits per heavy atom. The maximum atomic E-state index is 8.94. The summed E-state index contributed by atoms with van der Waals surface area (Å²) in [6.07, 6.45) is 0.413. The molecular weight excluding hydrogens is 170 g/mol. The molecule has 2 N–H and O–H groups in total. The minimum absolute atomic E-state index is 0.313. The molecule has 0 radical (unpaired) electrons. The standard InChI is InChI=1S/C8H15N3O2/c1-6(12)5-9-4-3-8-10-7(2)13-11-8/h6,9,12H,3-5H2,1-2H3/t6-/m0/s1. The number of hydrogen-bond acceptors (Lipinski definition) is 5. The molecule has 0 aliphatic carbocycles. The SMILES string of the molecule is Cc1nc(CCNC[C@H](C)O)no1. The van der Waals surface area contributed by atoms with Crippen LogP contribution in [-0.4, -0.2) is 34.4 Å². The van der Waals surface area contributed by atoms with Crippen molar-refractivity contribution < 1.29 is 9.63 Å². The van der Waals surface area contributed by atoms with Crippen molar-refractivity contribution in [2.45, 2.75) is 26.4 Å². The lowest BCUT2D eigenvalue weighted by molar-refractivity contribution is 0.191. The molecule has 0 spiro atoms. The van der Waals surface area contributed by atoms with Gasteiger partial charge in [0.1, 0.15) is 0 Å². The Morgan fingerprint density at radius 3 is 2.92 bits per heavy atom. The van der Waals surface area contributed by atoms with E-state index in [1.54, 1.807) is 13.8 Å². The molecule has 1 aromatic heterocycles. The first kappa shape index (κ1) is 10.1. The summed E-state index contributed by atoms with van der Waals surface area (Å²) in [6.45, 7) is 4.85. The molecule has 5 nitrogen and oxygen atoms in total. The van der Waals surface area contributed by atoms with Crippen LogP contribution in [0.5, 0.6) is 0 Å². The number of aliphatic hydroxyl groups excluding tert-OH is 1. The average molecular weight is 185 g/mol. The van der Waals surface area contributed by atoms with Gasteiger partial charge in [-0.2, -0.15) is 4.98 Å². The van der Waals surface area contributed by atoms with Crippen LogP contribution in [0.2, 0.25) is 0 Å². The van der Waals surface area contributed by atoms with Gasteiger partial charge in [-0.1, -0.05) is 5.16 Å². The van der Waals surface area contributed by atoms with Gasteiger partial charge in [0.25, 0.3) is 0 Å². The Morgan fingerprint density at radius 2 is 2.38 bits per heavy atom. The number of aromatic nitrogens is 2. The number of nitrogens with one attached hydrogen (secondary N) is 1. The third-order valence-corrected chi connectivity index (χ3v) is 1.53. The van der Waals surface area contributed by atoms with Crippen LogP contribution >= 0.6 is 0 Å². The van der Waals surface area contributed by atoms with E-state index >= 15 is 0 Å². The molecule has 74 valence electrons. The molecule has 0 aromatic carbocycles. The number of nitrogens with zero attached hydrogens (tertiary/aromatic N) is 2. The summed E-state index contributed by atoms with van der Waals surface area (Å²) < 4.78 is 4.80.